The van der Waals surface area contributed by atoms with Gasteiger partial charge in [-0.3, -0.25) is 4.79 Å². The monoisotopic (exact) mass is 332 g/mol. The van der Waals surface area contributed by atoms with E-state index in [0.29, 0.717) is 12.5 Å². The molecule has 120 valence electrons. The van der Waals surface area contributed by atoms with Crippen LogP contribution < -0.4 is 10.0 Å². The van der Waals surface area contributed by atoms with Crippen molar-refractivity contribution in [3.8, 4) is 0 Å². The average molecular weight is 332 g/mol. The summed E-state index contributed by atoms with van der Waals surface area (Å²) < 4.78 is 27.2. The molecule has 0 spiro atoms. The summed E-state index contributed by atoms with van der Waals surface area (Å²) in [5.41, 5.74) is 0. The highest BCUT2D eigenvalue weighted by Gasteiger charge is 2.28. The summed E-state index contributed by atoms with van der Waals surface area (Å²) in [6.45, 7) is 8.35. The fourth-order valence-electron chi connectivity index (χ4n) is 1.73. The van der Waals surface area contributed by atoms with E-state index in [0.717, 1.165) is 17.8 Å². The molecule has 0 aliphatic heterocycles. The molecule has 1 amide bonds. The van der Waals surface area contributed by atoms with Gasteiger partial charge in [-0.1, -0.05) is 33.8 Å². The van der Waals surface area contributed by atoms with Crippen molar-refractivity contribution in [1.82, 2.24) is 10.0 Å². The van der Waals surface area contributed by atoms with E-state index in [2.05, 4.69) is 23.9 Å². The van der Waals surface area contributed by atoms with Gasteiger partial charge in [0.05, 0.1) is 0 Å². The van der Waals surface area contributed by atoms with Crippen LogP contribution >= 0.6 is 11.3 Å². The van der Waals surface area contributed by atoms with Crippen molar-refractivity contribution in [3.05, 3.63) is 17.5 Å². The molecule has 1 heterocycles. The van der Waals surface area contributed by atoms with Gasteiger partial charge >= 0.3 is 0 Å². The number of hydrogen-bond acceptors (Lipinski definition) is 4. The van der Waals surface area contributed by atoms with Crippen molar-refractivity contribution < 1.29 is 13.2 Å². The molecule has 1 aromatic rings. The highest BCUT2D eigenvalue weighted by molar-refractivity contribution is 7.91. The minimum Gasteiger partial charge on any atom is -0.355 e. The van der Waals surface area contributed by atoms with Crippen molar-refractivity contribution in [2.24, 2.45) is 11.8 Å². The lowest BCUT2D eigenvalue weighted by Crippen LogP contribution is -2.49. The van der Waals surface area contributed by atoms with Gasteiger partial charge in [0.25, 0.3) is 10.0 Å². The Hall–Kier alpha value is -0.920. The molecule has 2 N–H and O–H groups in total. The molecule has 5 nitrogen and oxygen atoms in total. The molecule has 0 aromatic carbocycles. The van der Waals surface area contributed by atoms with E-state index < -0.39 is 16.1 Å². The normalized spacial score (nSPS) is 13.6. The first-order valence-corrected chi connectivity index (χ1v) is 9.44. The standard InChI is InChI=1S/C14H24N2O3S2/c1-10(2)7-8-15-14(17)13(11(3)4)16-21(18,19)12-6-5-9-20-12/h5-6,9-11,13,16H,7-8H2,1-4H3,(H,15,17). The topological polar surface area (TPSA) is 75.3 Å². The molecule has 0 saturated carbocycles. The second-order valence-corrected chi connectivity index (χ2v) is 8.64. The van der Waals surface area contributed by atoms with Gasteiger partial charge in [0, 0.05) is 6.54 Å². The zero-order valence-corrected chi connectivity index (χ0v) is 14.6. The zero-order chi connectivity index (χ0) is 16.0. The van der Waals surface area contributed by atoms with Gasteiger partial charge in [-0.15, -0.1) is 11.3 Å². The van der Waals surface area contributed by atoms with Crippen molar-refractivity contribution >= 4 is 27.3 Å². The number of rotatable bonds is 8. The molecule has 1 atom stereocenters. The van der Waals surface area contributed by atoms with Crippen molar-refractivity contribution in [2.75, 3.05) is 6.54 Å². The van der Waals surface area contributed by atoms with Gasteiger partial charge in [0.2, 0.25) is 5.91 Å². The summed E-state index contributed by atoms with van der Waals surface area (Å²) in [6, 6.07) is 2.44. The van der Waals surface area contributed by atoms with Crippen LogP contribution in [0.5, 0.6) is 0 Å². The lowest BCUT2D eigenvalue weighted by atomic mass is 10.0. The molecule has 0 aliphatic carbocycles. The molecule has 0 aliphatic rings. The van der Waals surface area contributed by atoms with Crippen LogP contribution in [0.1, 0.15) is 34.1 Å². The molecule has 0 saturated heterocycles. The summed E-state index contributed by atoms with van der Waals surface area (Å²) in [5.74, 6) is 0.0928. The highest BCUT2D eigenvalue weighted by Crippen LogP contribution is 2.17. The number of carbonyl (C=O) groups excluding carboxylic acids is 1. The Morgan fingerprint density at radius 3 is 2.43 bits per heavy atom. The van der Waals surface area contributed by atoms with Crippen LogP contribution in [0.3, 0.4) is 0 Å². The molecule has 0 fully saturated rings. The maximum atomic E-state index is 12.2. The second-order valence-electron chi connectivity index (χ2n) is 5.75. The fourth-order valence-corrected chi connectivity index (χ4v) is 4.08. The van der Waals surface area contributed by atoms with E-state index >= 15 is 0 Å². The van der Waals surface area contributed by atoms with Crippen LogP contribution in [0.4, 0.5) is 0 Å². The molecule has 21 heavy (non-hydrogen) atoms. The Morgan fingerprint density at radius 2 is 1.95 bits per heavy atom. The third-order valence-electron chi connectivity index (χ3n) is 3.01. The van der Waals surface area contributed by atoms with Crippen LogP contribution in [0, 0.1) is 11.8 Å². The van der Waals surface area contributed by atoms with E-state index in [-0.39, 0.29) is 16.0 Å². The van der Waals surface area contributed by atoms with Crippen molar-refractivity contribution in [1.29, 1.82) is 0 Å². The Morgan fingerprint density at radius 1 is 1.29 bits per heavy atom. The van der Waals surface area contributed by atoms with Crippen LogP contribution in [0.15, 0.2) is 21.7 Å². The number of thiophene rings is 1. The van der Waals surface area contributed by atoms with Gasteiger partial charge in [0.1, 0.15) is 10.3 Å². The molecule has 7 heteroatoms. The maximum absolute atomic E-state index is 12.2. The van der Waals surface area contributed by atoms with Gasteiger partial charge in [-0.25, -0.2) is 8.42 Å². The lowest BCUT2D eigenvalue weighted by molar-refractivity contribution is -0.123. The minimum absolute atomic E-state index is 0.126. The average Bonchev–Trinajstić information content (AvgIpc) is 2.89. The summed E-state index contributed by atoms with van der Waals surface area (Å²) in [4.78, 5) is 12.2. The third kappa shape index (κ3) is 5.76. The molecule has 1 rings (SSSR count). The highest BCUT2D eigenvalue weighted by atomic mass is 32.2. The Kier molecular flexibility index (Phi) is 6.83. The predicted molar refractivity (Wildman–Crippen MR) is 85.7 cm³/mol. The number of nitrogens with one attached hydrogen (secondary N) is 2. The Labute approximate surface area is 131 Å². The van der Waals surface area contributed by atoms with Crippen molar-refractivity contribution in [2.45, 2.75) is 44.4 Å². The number of amides is 1. The maximum Gasteiger partial charge on any atom is 0.250 e. The van der Waals surface area contributed by atoms with Gasteiger partial charge in [0.15, 0.2) is 0 Å². The van der Waals surface area contributed by atoms with Crippen LogP contribution in [-0.4, -0.2) is 26.9 Å². The van der Waals surface area contributed by atoms with Crippen LogP contribution in [0.2, 0.25) is 0 Å². The van der Waals surface area contributed by atoms with E-state index in [4.69, 9.17) is 0 Å². The molecular formula is C14H24N2O3S2. The third-order valence-corrected chi connectivity index (χ3v) is 5.85. The quantitative estimate of drug-likeness (QED) is 0.766. The van der Waals surface area contributed by atoms with E-state index in [1.165, 1.54) is 6.07 Å². The lowest BCUT2D eigenvalue weighted by Gasteiger charge is -2.21. The number of hydrogen-bond donors (Lipinski definition) is 2. The number of carbonyl (C=O) groups is 1. The van der Waals surface area contributed by atoms with E-state index in [1.54, 1.807) is 11.4 Å². The largest absolute Gasteiger partial charge is 0.355 e. The second kappa shape index (κ2) is 7.91. The first kappa shape index (κ1) is 18.1. The number of sulfonamides is 1. The zero-order valence-electron chi connectivity index (χ0n) is 12.9. The molecule has 1 unspecified atom stereocenters. The fraction of sp³-hybridized carbons (Fsp3) is 0.643. The minimum atomic E-state index is -3.64. The van der Waals surface area contributed by atoms with Gasteiger partial charge < -0.3 is 5.32 Å². The van der Waals surface area contributed by atoms with Gasteiger partial charge in [-0.2, -0.15) is 4.72 Å². The first-order valence-electron chi connectivity index (χ1n) is 7.07. The van der Waals surface area contributed by atoms with Crippen LogP contribution in [-0.2, 0) is 14.8 Å². The van der Waals surface area contributed by atoms with E-state index in [1.807, 2.05) is 13.8 Å². The SMILES string of the molecule is CC(C)CCNC(=O)C(NS(=O)(=O)c1cccs1)C(C)C. The van der Waals surface area contributed by atoms with Crippen LogP contribution in [0.25, 0.3) is 0 Å². The summed E-state index contributed by atoms with van der Waals surface area (Å²) in [5, 5.41) is 4.50. The first-order chi connectivity index (χ1) is 9.74. The molecule has 0 radical (unpaired) electrons. The predicted octanol–water partition coefficient (Wildman–Crippen LogP) is 2.21. The summed E-state index contributed by atoms with van der Waals surface area (Å²) in [7, 11) is -3.64. The molecule has 1 aromatic heterocycles. The molecule has 0 bridgehead atoms. The van der Waals surface area contributed by atoms with Gasteiger partial charge in [-0.05, 0) is 29.7 Å². The summed E-state index contributed by atoms with van der Waals surface area (Å²) in [6.07, 6.45) is 0.869. The smallest absolute Gasteiger partial charge is 0.250 e. The Bertz CT molecular complexity index is 537. The van der Waals surface area contributed by atoms with E-state index in [9.17, 15) is 13.2 Å². The Balaban J connectivity index is 2.72. The van der Waals surface area contributed by atoms with Crippen molar-refractivity contribution in [3.63, 3.8) is 0 Å². The molecular weight excluding hydrogens is 308 g/mol. The summed E-state index contributed by atoms with van der Waals surface area (Å²) >= 11 is 1.13.